The summed E-state index contributed by atoms with van der Waals surface area (Å²) in [5, 5.41) is 7.72. The lowest BCUT2D eigenvalue weighted by Crippen LogP contribution is -2.23. The van der Waals surface area contributed by atoms with Crippen molar-refractivity contribution in [3.63, 3.8) is 0 Å². The van der Waals surface area contributed by atoms with Gasteiger partial charge < -0.3 is 5.32 Å². The average molecular weight is 291 g/mol. The zero-order valence-corrected chi connectivity index (χ0v) is 13.0. The minimum Gasteiger partial charge on any atom is -0.317 e. The molecule has 22 heavy (non-hydrogen) atoms. The second-order valence-corrected chi connectivity index (χ2v) is 5.60. The van der Waals surface area contributed by atoms with Gasteiger partial charge >= 0.3 is 0 Å². The van der Waals surface area contributed by atoms with Crippen molar-refractivity contribution >= 4 is 0 Å². The van der Waals surface area contributed by atoms with Crippen molar-refractivity contribution in [2.75, 3.05) is 7.05 Å². The largest absolute Gasteiger partial charge is 0.317 e. The standard InChI is InChI=1S/C19H21N3/c1-15(20-2)12-16-8-10-17(11-9-16)18-13-21-22(14-18)19-6-4-3-5-7-19/h3-11,13-15,20H,12H2,1-2H3. The normalized spacial score (nSPS) is 12.3. The third-order valence-electron chi connectivity index (χ3n) is 3.93. The fraction of sp³-hybridized carbons (Fsp3) is 0.211. The number of benzene rings is 2. The molecular weight excluding hydrogens is 270 g/mol. The maximum Gasteiger partial charge on any atom is 0.0645 e. The Labute approximate surface area is 131 Å². The average Bonchev–Trinajstić information content (AvgIpc) is 3.06. The van der Waals surface area contributed by atoms with Crippen LogP contribution in [0.4, 0.5) is 0 Å². The first kappa shape index (κ1) is 14.5. The van der Waals surface area contributed by atoms with Crippen molar-refractivity contribution in [1.82, 2.24) is 15.1 Å². The molecule has 1 unspecified atom stereocenters. The second-order valence-electron chi connectivity index (χ2n) is 5.60. The smallest absolute Gasteiger partial charge is 0.0645 e. The molecule has 3 rings (SSSR count). The van der Waals surface area contributed by atoms with Gasteiger partial charge in [0.05, 0.1) is 11.9 Å². The third-order valence-corrected chi connectivity index (χ3v) is 3.93. The molecule has 0 saturated carbocycles. The molecular formula is C19H21N3. The molecule has 0 spiro atoms. The Morgan fingerprint density at radius 3 is 2.41 bits per heavy atom. The van der Waals surface area contributed by atoms with Crippen molar-refractivity contribution in [2.24, 2.45) is 0 Å². The number of hydrogen-bond acceptors (Lipinski definition) is 2. The van der Waals surface area contributed by atoms with Crippen LogP contribution < -0.4 is 5.32 Å². The molecule has 1 N–H and O–H groups in total. The maximum atomic E-state index is 4.45. The Morgan fingerprint density at radius 2 is 1.73 bits per heavy atom. The van der Waals surface area contributed by atoms with Crippen molar-refractivity contribution in [2.45, 2.75) is 19.4 Å². The van der Waals surface area contributed by atoms with Crippen LogP contribution in [0.5, 0.6) is 0 Å². The molecule has 0 aliphatic heterocycles. The zero-order valence-electron chi connectivity index (χ0n) is 13.0. The van der Waals surface area contributed by atoms with Crippen molar-refractivity contribution in [3.8, 4) is 16.8 Å². The monoisotopic (exact) mass is 291 g/mol. The van der Waals surface area contributed by atoms with Gasteiger partial charge in [-0.3, -0.25) is 0 Å². The van der Waals surface area contributed by atoms with E-state index in [0.29, 0.717) is 6.04 Å². The lowest BCUT2D eigenvalue weighted by molar-refractivity contribution is 0.608. The van der Waals surface area contributed by atoms with Gasteiger partial charge in [0.2, 0.25) is 0 Å². The summed E-state index contributed by atoms with van der Waals surface area (Å²) < 4.78 is 1.91. The molecule has 112 valence electrons. The molecule has 0 radical (unpaired) electrons. The Kier molecular flexibility index (Phi) is 4.35. The zero-order chi connectivity index (χ0) is 15.4. The van der Waals surface area contributed by atoms with Crippen LogP contribution in [0.3, 0.4) is 0 Å². The Balaban J connectivity index is 1.79. The van der Waals surface area contributed by atoms with Crippen LogP contribution in [0.15, 0.2) is 67.0 Å². The molecule has 1 aromatic heterocycles. The van der Waals surface area contributed by atoms with E-state index in [1.807, 2.05) is 36.1 Å². The van der Waals surface area contributed by atoms with E-state index in [-0.39, 0.29) is 0 Å². The molecule has 0 bridgehead atoms. The van der Waals surface area contributed by atoms with Gasteiger partial charge in [0.1, 0.15) is 0 Å². The van der Waals surface area contributed by atoms with Gasteiger partial charge in [-0.25, -0.2) is 4.68 Å². The summed E-state index contributed by atoms with van der Waals surface area (Å²) in [5.74, 6) is 0. The van der Waals surface area contributed by atoms with E-state index in [9.17, 15) is 0 Å². The topological polar surface area (TPSA) is 29.9 Å². The molecule has 3 nitrogen and oxygen atoms in total. The number of para-hydroxylation sites is 1. The van der Waals surface area contributed by atoms with E-state index in [1.165, 1.54) is 11.1 Å². The van der Waals surface area contributed by atoms with Crippen LogP contribution in [0.2, 0.25) is 0 Å². The molecule has 3 heteroatoms. The number of rotatable bonds is 5. The molecule has 0 aliphatic rings. The maximum absolute atomic E-state index is 4.45. The summed E-state index contributed by atoms with van der Waals surface area (Å²) in [6.07, 6.45) is 5.03. The molecule has 0 fully saturated rings. The lowest BCUT2D eigenvalue weighted by Gasteiger charge is -2.10. The van der Waals surface area contributed by atoms with Gasteiger partial charge in [0.25, 0.3) is 0 Å². The third kappa shape index (κ3) is 3.26. The fourth-order valence-corrected chi connectivity index (χ4v) is 2.48. The minimum atomic E-state index is 0.492. The highest BCUT2D eigenvalue weighted by Gasteiger charge is 2.05. The van der Waals surface area contributed by atoms with Gasteiger partial charge in [-0.15, -0.1) is 0 Å². The van der Waals surface area contributed by atoms with E-state index < -0.39 is 0 Å². The summed E-state index contributed by atoms with van der Waals surface area (Å²) >= 11 is 0. The first-order valence-electron chi connectivity index (χ1n) is 7.63. The van der Waals surface area contributed by atoms with Crippen LogP contribution >= 0.6 is 0 Å². The van der Waals surface area contributed by atoms with Gasteiger partial charge in [-0.05, 0) is 43.7 Å². The molecule has 3 aromatic rings. The van der Waals surface area contributed by atoms with Gasteiger partial charge in [-0.2, -0.15) is 5.10 Å². The van der Waals surface area contributed by atoms with Gasteiger partial charge in [-0.1, -0.05) is 42.5 Å². The SMILES string of the molecule is CNC(C)Cc1ccc(-c2cnn(-c3ccccc3)c2)cc1. The predicted molar refractivity (Wildman–Crippen MR) is 91.2 cm³/mol. The van der Waals surface area contributed by atoms with Crippen LogP contribution in [-0.2, 0) is 6.42 Å². The fourth-order valence-electron chi connectivity index (χ4n) is 2.48. The van der Waals surface area contributed by atoms with Crippen molar-refractivity contribution in [1.29, 1.82) is 0 Å². The highest BCUT2D eigenvalue weighted by Crippen LogP contribution is 2.21. The summed E-state index contributed by atoms with van der Waals surface area (Å²) in [5.41, 5.74) is 4.76. The van der Waals surface area contributed by atoms with Gasteiger partial charge in [0.15, 0.2) is 0 Å². The number of aromatic nitrogens is 2. The predicted octanol–water partition coefficient (Wildman–Crippen LogP) is 3.69. The molecule has 1 atom stereocenters. The van der Waals surface area contributed by atoms with E-state index in [1.54, 1.807) is 0 Å². The molecule has 0 amide bonds. The number of hydrogen-bond donors (Lipinski definition) is 1. The highest BCUT2D eigenvalue weighted by atomic mass is 15.3. The Hall–Kier alpha value is -2.39. The van der Waals surface area contributed by atoms with E-state index in [4.69, 9.17) is 0 Å². The Bertz CT molecular complexity index is 714. The molecule has 0 saturated heterocycles. The van der Waals surface area contributed by atoms with Crippen LogP contribution in [0.25, 0.3) is 16.8 Å². The minimum absolute atomic E-state index is 0.492. The lowest BCUT2D eigenvalue weighted by atomic mass is 10.0. The van der Waals surface area contributed by atoms with Gasteiger partial charge in [0, 0.05) is 17.8 Å². The summed E-state index contributed by atoms with van der Waals surface area (Å²) in [4.78, 5) is 0. The first-order chi connectivity index (χ1) is 10.8. The van der Waals surface area contributed by atoms with Crippen molar-refractivity contribution in [3.05, 3.63) is 72.6 Å². The van der Waals surface area contributed by atoms with E-state index in [2.05, 4.69) is 59.9 Å². The number of likely N-dealkylation sites (N-methyl/N-ethyl adjacent to an activating group) is 1. The number of nitrogens with zero attached hydrogens (tertiary/aromatic N) is 2. The van der Waals surface area contributed by atoms with E-state index in [0.717, 1.165) is 17.7 Å². The summed E-state index contributed by atoms with van der Waals surface area (Å²) in [6, 6.07) is 19.4. The first-order valence-corrected chi connectivity index (χ1v) is 7.63. The van der Waals surface area contributed by atoms with E-state index >= 15 is 0 Å². The van der Waals surface area contributed by atoms with Crippen molar-refractivity contribution < 1.29 is 0 Å². The molecule has 1 heterocycles. The van der Waals surface area contributed by atoms with Crippen LogP contribution in [0, 0.1) is 0 Å². The quantitative estimate of drug-likeness (QED) is 0.777. The molecule has 2 aromatic carbocycles. The van der Waals surface area contributed by atoms with Crippen LogP contribution in [0.1, 0.15) is 12.5 Å². The van der Waals surface area contributed by atoms with Crippen LogP contribution in [-0.4, -0.2) is 22.9 Å². The number of nitrogens with one attached hydrogen (secondary N) is 1. The summed E-state index contributed by atoms with van der Waals surface area (Å²) in [7, 11) is 2.00. The second kappa shape index (κ2) is 6.58. The summed E-state index contributed by atoms with van der Waals surface area (Å²) in [6.45, 7) is 2.19. The molecule has 0 aliphatic carbocycles. The highest BCUT2D eigenvalue weighted by molar-refractivity contribution is 5.62. The Morgan fingerprint density at radius 1 is 1.00 bits per heavy atom.